The quantitative estimate of drug-likeness (QED) is 0.366. The number of hydrogen-bond donors (Lipinski definition) is 0. The van der Waals surface area contributed by atoms with Crippen molar-refractivity contribution in [3.05, 3.63) is 34.6 Å². The Hall–Kier alpha value is -1.90. The van der Waals surface area contributed by atoms with Crippen molar-refractivity contribution in [1.82, 2.24) is 9.55 Å². The standard InChI is InChI=1S/C18H18N2O4S2/c1-23-9-4-8-20-16(21)15-14(11-5-2-3-6-12(11)25-15)19-18(20)26-13-7-10-24-17(13)22/h2-3,5-6,13H,4,7-10H2,1H3. The number of thiophene rings is 1. The van der Waals surface area contributed by atoms with Crippen LogP contribution in [0.1, 0.15) is 12.8 Å². The molecule has 3 aromatic rings. The summed E-state index contributed by atoms with van der Waals surface area (Å²) in [5.74, 6) is -0.233. The predicted octanol–water partition coefficient (Wildman–Crippen LogP) is 3.06. The van der Waals surface area contributed by atoms with Gasteiger partial charge in [0.1, 0.15) is 9.95 Å². The molecule has 8 heteroatoms. The molecule has 0 spiro atoms. The molecule has 1 unspecified atom stereocenters. The smallest absolute Gasteiger partial charge is 0.319 e. The van der Waals surface area contributed by atoms with Gasteiger partial charge in [0, 0.05) is 36.8 Å². The number of esters is 1. The van der Waals surface area contributed by atoms with E-state index in [1.165, 1.54) is 23.1 Å². The molecule has 1 saturated heterocycles. The number of benzene rings is 1. The molecule has 136 valence electrons. The van der Waals surface area contributed by atoms with Gasteiger partial charge in [-0.2, -0.15) is 0 Å². The molecule has 1 fully saturated rings. The fraction of sp³-hybridized carbons (Fsp3) is 0.389. The zero-order valence-electron chi connectivity index (χ0n) is 14.3. The Balaban J connectivity index is 1.84. The number of carbonyl (C=O) groups excluding carboxylic acids is 1. The van der Waals surface area contributed by atoms with Crippen molar-refractivity contribution in [2.24, 2.45) is 0 Å². The maximum atomic E-state index is 13.1. The molecular formula is C18H18N2O4S2. The molecule has 0 N–H and O–H groups in total. The molecule has 1 aliphatic rings. The first-order valence-corrected chi connectivity index (χ1v) is 10.1. The van der Waals surface area contributed by atoms with E-state index in [1.54, 1.807) is 11.7 Å². The maximum absolute atomic E-state index is 13.1. The molecule has 4 rings (SSSR count). The maximum Gasteiger partial charge on any atom is 0.319 e. The summed E-state index contributed by atoms with van der Waals surface area (Å²) in [4.78, 5) is 29.8. The second-order valence-corrected chi connectivity index (χ2v) is 8.26. The molecule has 1 aromatic carbocycles. The Labute approximate surface area is 158 Å². The number of methoxy groups -OCH3 is 1. The number of cyclic esters (lactones) is 1. The monoisotopic (exact) mass is 390 g/mol. The third kappa shape index (κ3) is 3.13. The Morgan fingerprint density at radius 1 is 1.38 bits per heavy atom. The summed E-state index contributed by atoms with van der Waals surface area (Å²) >= 11 is 2.79. The number of carbonyl (C=O) groups is 1. The highest BCUT2D eigenvalue weighted by Crippen LogP contribution is 2.34. The van der Waals surface area contributed by atoms with Gasteiger partial charge in [0.25, 0.3) is 5.56 Å². The number of hydrogen-bond acceptors (Lipinski definition) is 7. The Morgan fingerprint density at radius 2 is 2.23 bits per heavy atom. The summed E-state index contributed by atoms with van der Waals surface area (Å²) in [5.41, 5.74) is 0.661. The summed E-state index contributed by atoms with van der Waals surface area (Å²) in [6.07, 6.45) is 1.34. The molecule has 26 heavy (non-hydrogen) atoms. The molecule has 0 amide bonds. The molecular weight excluding hydrogens is 372 g/mol. The number of thioether (sulfide) groups is 1. The highest BCUT2D eigenvalue weighted by molar-refractivity contribution is 8.00. The second kappa shape index (κ2) is 7.38. The highest BCUT2D eigenvalue weighted by atomic mass is 32.2. The molecule has 0 saturated carbocycles. The van der Waals surface area contributed by atoms with Crippen molar-refractivity contribution in [2.45, 2.75) is 29.8 Å². The average molecular weight is 390 g/mol. The minimum Gasteiger partial charge on any atom is -0.465 e. The number of fused-ring (bicyclic) bond motifs is 3. The van der Waals surface area contributed by atoms with E-state index in [1.807, 2.05) is 24.3 Å². The third-order valence-corrected chi connectivity index (χ3v) is 6.70. The Morgan fingerprint density at radius 3 is 3.00 bits per heavy atom. The van der Waals surface area contributed by atoms with E-state index >= 15 is 0 Å². The van der Waals surface area contributed by atoms with E-state index in [9.17, 15) is 9.59 Å². The largest absolute Gasteiger partial charge is 0.465 e. The lowest BCUT2D eigenvalue weighted by molar-refractivity contribution is -0.137. The van der Waals surface area contributed by atoms with Crippen LogP contribution < -0.4 is 5.56 Å². The lowest BCUT2D eigenvalue weighted by atomic mass is 10.2. The molecule has 0 radical (unpaired) electrons. The van der Waals surface area contributed by atoms with E-state index < -0.39 is 0 Å². The first-order chi connectivity index (χ1) is 12.7. The summed E-state index contributed by atoms with van der Waals surface area (Å²) in [7, 11) is 1.64. The van der Waals surface area contributed by atoms with Crippen molar-refractivity contribution in [3.63, 3.8) is 0 Å². The fourth-order valence-electron chi connectivity index (χ4n) is 3.02. The summed E-state index contributed by atoms with van der Waals surface area (Å²) in [6, 6.07) is 7.88. The van der Waals surface area contributed by atoms with Gasteiger partial charge >= 0.3 is 5.97 Å². The first kappa shape index (κ1) is 17.5. The Bertz CT molecular complexity index is 1030. The molecule has 1 aliphatic heterocycles. The normalized spacial score (nSPS) is 17.3. The minimum absolute atomic E-state index is 0.0545. The fourth-order valence-corrected chi connectivity index (χ4v) is 5.19. The van der Waals surface area contributed by atoms with Gasteiger partial charge in [0.05, 0.1) is 12.1 Å². The van der Waals surface area contributed by atoms with Crippen molar-refractivity contribution >= 4 is 49.4 Å². The summed E-state index contributed by atoms with van der Waals surface area (Å²) < 4.78 is 13.5. The topological polar surface area (TPSA) is 70.4 Å². The minimum atomic E-state index is -0.307. The number of nitrogens with zero attached hydrogens (tertiary/aromatic N) is 2. The lowest BCUT2D eigenvalue weighted by Gasteiger charge is -2.13. The van der Waals surface area contributed by atoms with Gasteiger partial charge in [-0.3, -0.25) is 14.2 Å². The van der Waals surface area contributed by atoms with E-state index in [0.29, 0.717) is 48.0 Å². The van der Waals surface area contributed by atoms with Crippen LogP contribution in [0.25, 0.3) is 20.3 Å². The first-order valence-electron chi connectivity index (χ1n) is 8.43. The summed E-state index contributed by atoms with van der Waals surface area (Å²) in [5, 5.41) is 1.24. The van der Waals surface area contributed by atoms with Gasteiger partial charge in [-0.25, -0.2) is 4.98 Å². The molecule has 2 aromatic heterocycles. The number of rotatable bonds is 6. The van der Waals surface area contributed by atoms with E-state index in [0.717, 1.165) is 10.1 Å². The third-order valence-electron chi connectivity index (χ3n) is 4.31. The van der Waals surface area contributed by atoms with Gasteiger partial charge in [-0.1, -0.05) is 30.0 Å². The van der Waals surface area contributed by atoms with Crippen molar-refractivity contribution in [2.75, 3.05) is 20.3 Å². The molecule has 3 heterocycles. The van der Waals surface area contributed by atoms with Gasteiger partial charge in [0.2, 0.25) is 0 Å². The van der Waals surface area contributed by atoms with Crippen LogP contribution >= 0.6 is 23.1 Å². The molecule has 6 nitrogen and oxygen atoms in total. The van der Waals surface area contributed by atoms with Crippen LogP contribution in [0.15, 0.2) is 34.2 Å². The van der Waals surface area contributed by atoms with Gasteiger partial charge in [0.15, 0.2) is 5.16 Å². The van der Waals surface area contributed by atoms with Gasteiger partial charge in [-0.05, 0) is 12.5 Å². The predicted molar refractivity (Wildman–Crippen MR) is 103 cm³/mol. The second-order valence-electron chi connectivity index (χ2n) is 6.04. The molecule has 1 atom stereocenters. The van der Waals surface area contributed by atoms with Crippen LogP contribution in [0.2, 0.25) is 0 Å². The highest BCUT2D eigenvalue weighted by Gasteiger charge is 2.29. The number of aromatic nitrogens is 2. The average Bonchev–Trinajstić information content (AvgIpc) is 3.22. The van der Waals surface area contributed by atoms with Crippen LogP contribution in [0.5, 0.6) is 0 Å². The zero-order chi connectivity index (χ0) is 18.1. The van der Waals surface area contributed by atoms with E-state index in [2.05, 4.69) is 0 Å². The Kier molecular flexibility index (Phi) is 4.97. The molecule has 0 bridgehead atoms. The SMILES string of the molecule is COCCCn1c(SC2CCOC2=O)nc2c(sc3ccccc32)c1=O. The van der Waals surface area contributed by atoms with Crippen molar-refractivity contribution in [3.8, 4) is 0 Å². The van der Waals surface area contributed by atoms with Crippen molar-refractivity contribution < 1.29 is 14.3 Å². The van der Waals surface area contributed by atoms with Gasteiger partial charge < -0.3 is 9.47 Å². The summed E-state index contributed by atoms with van der Waals surface area (Å²) in [6.45, 7) is 1.49. The van der Waals surface area contributed by atoms with E-state index in [4.69, 9.17) is 14.5 Å². The molecule has 0 aliphatic carbocycles. The van der Waals surface area contributed by atoms with Crippen LogP contribution in [0.3, 0.4) is 0 Å². The van der Waals surface area contributed by atoms with Crippen LogP contribution in [0.4, 0.5) is 0 Å². The van der Waals surface area contributed by atoms with E-state index in [-0.39, 0.29) is 16.8 Å². The van der Waals surface area contributed by atoms with Gasteiger partial charge in [-0.15, -0.1) is 11.3 Å². The number of ether oxygens (including phenoxy) is 2. The zero-order valence-corrected chi connectivity index (χ0v) is 15.9. The van der Waals surface area contributed by atoms with Crippen molar-refractivity contribution in [1.29, 1.82) is 0 Å². The van der Waals surface area contributed by atoms with Crippen LogP contribution in [0, 0.1) is 0 Å². The van der Waals surface area contributed by atoms with Crippen LogP contribution in [-0.2, 0) is 20.8 Å². The lowest BCUT2D eigenvalue weighted by Crippen LogP contribution is -2.24. The van der Waals surface area contributed by atoms with Crippen LogP contribution in [-0.4, -0.2) is 41.1 Å².